The molecule has 1 aliphatic carbocycles. The predicted octanol–water partition coefficient (Wildman–Crippen LogP) is 3.60. The zero-order valence-corrected chi connectivity index (χ0v) is 15.0. The summed E-state index contributed by atoms with van der Waals surface area (Å²) in [6.45, 7) is 6.95. The van der Waals surface area contributed by atoms with Crippen molar-refractivity contribution in [3.63, 3.8) is 0 Å². The topological polar surface area (TPSA) is 38.2 Å². The lowest BCUT2D eigenvalue weighted by Crippen LogP contribution is -2.32. The van der Waals surface area contributed by atoms with Crippen LogP contribution in [0.3, 0.4) is 0 Å². The van der Waals surface area contributed by atoms with Crippen molar-refractivity contribution >= 4 is 0 Å². The molecule has 0 bridgehead atoms. The van der Waals surface area contributed by atoms with Gasteiger partial charge < -0.3 is 4.74 Å². The fourth-order valence-electron chi connectivity index (χ4n) is 4.61. The van der Waals surface area contributed by atoms with Gasteiger partial charge in [0.25, 0.3) is 0 Å². The first kappa shape index (κ1) is 16.7. The maximum absolute atomic E-state index is 6.21. The van der Waals surface area contributed by atoms with E-state index in [1.165, 1.54) is 42.6 Å². The average molecular weight is 337 g/mol. The van der Waals surface area contributed by atoms with Gasteiger partial charge >= 0.3 is 0 Å². The van der Waals surface area contributed by atoms with Crippen LogP contribution in [0.4, 0.5) is 0 Å². The molecule has 0 amide bonds. The molecular weight excluding hydrogens is 310 g/mol. The summed E-state index contributed by atoms with van der Waals surface area (Å²) in [7, 11) is 0. The van der Waals surface area contributed by atoms with Crippen molar-refractivity contribution in [2.24, 2.45) is 11.3 Å². The number of ether oxygens (including phenoxy) is 1. The first-order valence-electron chi connectivity index (χ1n) is 9.35. The van der Waals surface area contributed by atoms with Crippen LogP contribution >= 0.6 is 0 Å². The molecule has 4 nitrogen and oxygen atoms in total. The van der Waals surface area contributed by atoms with E-state index in [2.05, 4.69) is 40.0 Å². The van der Waals surface area contributed by atoms with Gasteiger partial charge in [-0.2, -0.15) is 0 Å². The number of aromatic nitrogens is 2. The molecule has 2 aromatic rings. The third-order valence-electron chi connectivity index (χ3n) is 6.02. The van der Waals surface area contributed by atoms with E-state index in [4.69, 9.17) is 4.74 Å². The van der Waals surface area contributed by atoms with Crippen LogP contribution in [0.15, 0.2) is 42.9 Å². The van der Waals surface area contributed by atoms with Crippen LogP contribution in [0.25, 0.3) is 0 Å². The van der Waals surface area contributed by atoms with Crippen LogP contribution in [0.5, 0.6) is 0 Å². The molecule has 0 spiro atoms. The normalized spacial score (nSPS) is 26.0. The van der Waals surface area contributed by atoms with Crippen LogP contribution in [0.2, 0.25) is 0 Å². The van der Waals surface area contributed by atoms with Crippen molar-refractivity contribution in [1.82, 2.24) is 14.9 Å². The first-order chi connectivity index (χ1) is 12.3. The minimum absolute atomic E-state index is 0.338. The number of hydrogen-bond acceptors (Lipinski definition) is 4. The van der Waals surface area contributed by atoms with Crippen molar-refractivity contribution in [3.8, 4) is 0 Å². The number of hydrogen-bond donors (Lipinski definition) is 0. The molecule has 1 saturated carbocycles. The van der Waals surface area contributed by atoms with Crippen LogP contribution in [-0.2, 0) is 17.9 Å². The summed E-state index contributed by atoms with van der Waals surface area (Å²) in [6.07, 6.45) is 9.65. The molecule has 2 atom stereocenters. The van der Waals surface area contributed by atoms with Gasteiger partial charge in [-0.05, 0) is 55.0 Å². The highest BCUT2D eigenvalue weighted by atomic mass is 16.5. The van der Waals surface area contributed by atoms with Gasteiger partial charge in [-0.25, -0.2) is 0 Å². The second kappa shape index (κ2) is 7.22. The van der Waals surface area contributed by atoms with Gasteiger partial charge in [0.05, 0.1) is 18.9 Å². The lowest BCUT2D eigenvalue weighted by Gasteiger charge is -2.29. The third kappa shape index (κ3) is 3.60. The highest BCUT2D eigenvalue weighted by molar-refractivity contribution is 5.20. The number of aryl methyl sites for hydroxylation is 1. The van der Waals surface area contributed by atoms with E-state index in [9.17, 15) is 0 Å². The van der Waals surface area contributed by atoms with E-state index in [1.54, 1.807) is 0 Å². The standard InChI is InChI=1S/C21H27N3O/c1-17-7-10-22-11-18(17)14-25-16-21-8-4-5-19(21)12-24(15-21)13-20-6-2-3-9-23-20/h2-3,6-7,9-11,19H,4-5,8,12-16H2,1H3/t19-,21+/m1/s1. The first-order valence-corrected chi connectivity index (χ1v) is 9.35. The van der Waals surface area contributed by atoms with Crippen molar-refractivity contribution in [1.29, 1.82) is 0 Å². The molecule has 2 fully saturated rings. The maximum Gasteiger partial charge on any atom is 0.0734 e. The molecule has 0 unspecified atom stereocenters. The summed E-state index contributed by atoms with van der Waals surface area (Å²) in [6, 6.07) is 8.24. The SMILES string of the molecule is Cc1ccncc1COC[C@@]12CCC[C@@H]1CN(Cc1ccccn1)C2. The molecule has 2 aliphatic rings. The number of pyridine rings is 2. The second-order valence-electron chi connectivity index (χ2n) is 7.74. The van der Waals surface area contributed by atoms with Gasteiger partial charge in [-0.3, -0.25) is 14.9 Å². The highest BCUT2D eigenvalue weighted by Gasteiger charge is 2.49. The van der Waals surface area contributed by atoms with Gasteiger partial charge in [-0.1, -0.05) is 12.5 Å². The van der Waals surface area contributed by atoms with Gasteiger partial charge in [-0.15, -0.1) is 0 Å². The van der Waals surface area contributed by atoms with Crippen LogP contribution in [0, 0.1) is 18.3 Å². The molecule has 132 valence electrons. The molecule has 0 aromatic carbocycles. The summed E-state index contributed by atoms with van der Waals surface area (Å²) in [5, 5.41) is 0. The molecule has 0 radical (unpaired) electrons. The Bertz CT molecular complexity index is 705. The van der Waals surface area contributed by atoms with Gasteiger partial charge in [0.2, 0.25) is 0 Å². The van der Waals surface area contributed by atoms with Crippen molar-refractivity contribution in [3.05, 3.63) is 59.7 Å². The Hall–Kier alpha value is -1.78. The lowest BCUT2D eigenvalue weighted by molar-refractivity contribution is 0.0263. The fourth-order valence-corrected chi connectivity index (χ4v) is 4.61. The predicted molar refractivity (Wildman–Crippen MR) is 97.9 cm³/mol. The largest absolute Gasteiger partial charge is 0.376 e. The molecule has 4 heteroatoms. The maximum atomic E-state index is 6.21. The fraction of sp³-hybridized carbons (Fsp3) is 0.524. The summed E-state index contributed by atoms with van der Waals surface area (Å²) in [4.78, 5) is 11.3. The summed E-state index contributed by atoms with van der Waals surface area (Å²) >= 11 is 0. The Morgan fingerprint density at radius 3 is 3.08 bits per heavy atom. The number of nitrogens with zero attached hydrogens (tertiary/aromatic N) is 3. The second-order valence-corrected chi connectivity index (χ2v) is 7.74. The monoisotopic (exact) mass is 337 g/mol. The molecule has 2 aromatic heterocycles. The molecule has 4 rings (SSSR count). The zero-order chi connectivity index (χ0) is 17.1. The average Bonchev–Trinajstić information content (AvgIpc) is 3.14. The van der Waals surface area contributed by atoms with Crippen molar-refractivity contribution in [2.75, 3.05) is 19.7 Å². The van der Waals surface area contributed by atoms with Gasteiger partial charge in [0.15, 0.2) is 0 Å². The Kier molecular flexibility index (Phi) is 4.82. The number of likely N-dealkylation sites (tertiary alicyclic amines) is 1. The number of rotatable bonds is 6. The van der Waals surface area contributed by atoms with Crippen LogP contribution < -0.4 is 0 Å². The summed E-state index contributed by atoms with van der Waals surface area (Å²) in [5.41, 5.74) is 3.98. The van der Waals surface area contributed by atoms with Gasteiger partial charge in [0.1, 0.15) is 0 Å². The van der Waals surface area contributed by atoms with E-state index < -0.39 is 0 Å². The minimum Gasteiger partial charge on any atom is -0.376 e. The van der Waals surface area contributed by atoms with Crippen molar-refractivity contribution in [2.45, 2.75) is 39.3 Å². The molecule has 3 heterocycles. The lowest BCUT2D eigenvalue weighted by atomic mass is 9.81. The highest BCUT2D eigenvalue weighted by Crippen LogP contribution is 2.49. The van der Waals surface area contributed by atoms with E-state index in [-0.39, 0.29) is 0 Å². The van der Waals surface area contributed by atoms with E-state index in [0.717, 1.165) is 25.6 Å². The third-order valence-corrected chi connectivity index (χ3v) is 6.02. The Balaban J connectivity index is 1.37. The molecule has 25 heavy (non-hydrogen) atoms. The van der Waals surface area contributed by atoms with Gasteiger partial charge in [0, 0.05) is 43.6 Å². The van der Waals surface area contributed by atoms with Crippen LogP contribution in [0.1, 0.15) is 36.1 Å². The summed E-state index contributed by atoms with van der Waals surface area (Å²) in [5.74, 6) is 0.770. The molecule has 1 saturated heterocycles. The zero-order valence-electron chi connectivity index (χ0n) is 15.0. The Morgan fingerprint density at radius 1 is 1.28 bits per heavy atom. The number of fused-ring (bicyclic) bond motifs is 1. The van der Waals surface area contributed by atoms with E-state index in [0.29, 0.717) is 12.0 Å². The van der Waals surface area contributed by atoms with Crippen LogP contribution in [-0.4, -0.2) is 34.6 Å². The van der Waals surface area contributed by atoms with Crippen molar-refractivity contribution < 1.29 is 4.74 Å². The summed E-state index contributed by atoms with van der Waals surface area (Å²) < 4.78 is 6.21. The molecule has 0 N–H and O–H groups in total. The van der Waals surface area contributed by atoms with E-state index >= 15 is 0 Å². The minimum atomic E-state index is 0.338. The quantitative estimate of drug-likeness (QED) is 0.807. The Labute approximate surface area is 150 Å². The smallest absolute Gasteiger partial charge is 0.0734 e. The molecule has 1 aliphatic heterocycles. The molecular formula is C21H27N3O. The Morgan fingerprint density at radius 2 is 2.24 bits per heavy atom. The van der Waals surface area contributed by atoms with E-state index in [1.807, 2.05) is 24.7 Å².